The molecule has 49 heavy (non-hydrogen) atoms. The van der Waals surface area contributed by atoms with Crippen molar-refractivity contribution in [3.8, 4) is 22.3 Å². The van der Waals surface area contributed by atoms with Gasteiger partial charge in [0, 0.05) is 41.9 Å². The smallest absolute Gasteiger partial charge is 0.0641 e. The first-order valence-corrected chi connectivity index (χ1v) is 18.2. The highest BCUT2D eigenvalue weighted by molar-refractivity contribution is 7.27. The van der Waals surface area contributed by atoms with E-state index < -0.39 is 0 Å². The van der Waals surface area contributed by atoms with E-state index in [-0.39, 0.29) is 0 Å². The molecule has 0 unspecified atom stereocenters. The van der Waals surface area contributed by atoms with E-state index in [2.05, 4.69) is 181 Å². The predicted octanol–water partition coefficient (Wildman–Crippen LogP) is 14.4. The molecule has 0 radical (unpaired) electrons. The SMILES string of the molecule is c1ccc(-c2cc3ccccc3c(N(c3cccc4c3sc3ccccc34)c3cccc4c3sc3ccccc34)c2-c2ccccc2)cc1. The molecule has 8 aromatic carbocycles. The van der Waals surface area contributed by atoms with Crippen molar-refractivity contribution < 1.29 is 0 Å². The van der Waals surface area contributed by atoms with E-state index >= 15 is 0 Å². The van der Waals surface area contributed by atoms with Crippen LogP contribution >= 0.6 is 22.7 Å². The maximum Gasteiger partial charge on any atom is 0.0641 e. The van der Waals surface area contributed by atoms with Gasteiger partial charge in [-0.1, -0.05) is 146 Å². The quantitative estimate of drug-likeness (QED) is 0.178. The van der Waals surface area contributed by atoms with Gasteiger partial charge in [-0.05, 0) is 52.4 Å². The van der Waals surface area contributed by atoms with Gasteiger partial charge in [0.2, 0.25) is 0 Å². The van der Waals surface area contributed by atoms with E-state index in [0.29, 0.717) is 0 Å². The Hall–Kier alpha value is -5.74. The van der Waals surface area contributed by atoms with Crippen molar-refractivity contribution in [1.82, 2.24) is 0 Å². The summed E-state index contributed by atoms with van der Waals surface area (Å²) in [7, 11) is 0. The molecular weight excluding hydrogens is 631 g/mol. The number of thiophene rings is 2. The average Bonchev–Trinajstić information content (AvgIpc) is 3.75. The molecule has 0 saturated carbocycles. The highest BCUT2D eigenvalue weighted by Gasteiger charge is 2.27. The topological polar surface area (TPSA) is 3.24 Å². The summed E-state index contributed by atoms with van der Waals surface area (Å²) in [4.78, 5) is 2.59. The summed E-state index contributed by atoms with van der Waals surface area (Å²) in [6.07, 6.45) is 0. The zero-order chi connectivity index (χ0) is 32.3. The summed E-state index contributed by atoms with van der Waals surface area (Å²) >= 11 is 3.77. The van der Waals surface area contributed by atoms with Gasteiger partial charge in [-0.2, -0.15) is 0 Å². The highest BCUT2D eigenvalue weighted by Crippen LogP contribution is 2.54. The fourth-order valence-electron chi connectivity index (χ4n) is 7.49. The van der Waals surface area contributed by atoms with Crippen molar-refractivity contribution in [3.05, 3.63) is 176 Å². The van der Waals surface area contributed by atoms with Crippen molar-refractivity contribution in [2.24, 2.45) is 0 Å². The summed E-state index contributed by atoms with van der Waals surface area (Å²) in [5.41, 5.74) is 8.41. The van der Waals surface area contributed by atoms with E-state index in [4.69, 9.17) is 0 Å². The third-order valence-corrected chi connectivity index (χ3v) is 12.1. The number of rotatable bonds is 5. The second-order valence-electron chi connectivity index (χ2n) is 12.4. The second kappa shape index (κ2) is 11.5. The van der Waals surface area contributed by atoms with Crippen LogP contribution in [0.25, 0.3) is 73.4 Å². The zero-order valence-corrected chi connectivity index (χ0v) is 28.1. The van der Waals surface area contributed by atoms with Crippen LogP contribution in [0, 0.1) is 0 Å². The first-order valence-electron chi connectivity index (χ1n) is 16.6. The number of nitrogens with zero attached hydrogens (tertiary/aromatic N) is 1. The number of benzene rings is 8. The van der Waals surface area contributed by atoms with Gasteiger partial charge < -0.3 is 4.90 Å². The number of fused-ring (bicyclic) bond motifs is 7. The van der Waals surface area contributed by atoms with E-state index in [9.17, 15) is 0 Å². The van der Waals surface area contributed by atoms with Gasteiger partial charge in [0.15, 0.2) is 0 Å². The normalized spacial score (nSPS) is 11.7. The van der Waals surface area contributed by atoms with Gasteiger partial charge in [-0.15, -0.1) is 22.7 Å². The Morgan fingerprint density at radius 3 is 1.43 bits per heavy atom. The Labute approximate surface area is 292 Å². The molecule has 0 aliphatic carbocycles. The molecule has 10 aromatic rings. The van der Waals surface area contributed by atoms with Crippen molar-refractivity contribution >= 4 is 90.9 Å². The molecule has 0 atom stereocenters. The molecule has 2 heterocycles. The highest BCUT2D eigenvalue weighted by atomic mass is 32.1. The molecule has 0 aliphatic heterocycles. The molecule has 0 saturated heterocycles. The first kappa shape index (κ1) is 28.3. The van der Waals surface area contributed by atoms with Gasteiger partial charge in [0.1, 0.15) is 0 Å². The fourth-order valence-corrected chi connectivity index (χ4v) is 9.90. The first-order chi connectivity index (χ1) is 24.3. The van der Waals surface area contributed by atoms with Crippen LogP contribution in [0.3, 0.4) is 0 Å². The molecule has 0 amide bonds. The van der Waals surface area contributed by atoms with Crippen molar-refractivity contribution in [3.63, 3.8) is 0 Å². The van der Waals surface area contributed by atoms with Crippen molar-refractivity contribution in [2.45, 2.75) is 0 Å². The predicted molar refractivity (Wildman–Crippen MR) is 215 cm³/mol. The van der Waals surface area contributed by atoms with Gasteiger partial charge in [0.05, 0.1) is 26.5 Å². The van der Waals surface area contributed by atoms with E-state index in [1.54, 1.807) is 0 Å². The lowest BCUT2D eigenvalue weighted by atomic mass is 9.88. The molecule has 0 aliphatic rings. The Kier molecular flexibility index (Phi) is 6.61. The number of hydrogen-bond acceptors (Lipinski definition) is 3. The van der Waals surface area contributed by atoms with Crippen LogP contribution in [0.2, 0.25) is 0 Å². The summed E-state index contributed by atoms with van der Waals surface area (Å²) in [5.74, 6) is 0. The van der Waals surface area contributed by atoms with Gasteiger partial charge in [-0.3, -0.25) is 0 Å². The lowest BCUT2D eigenvalue weighted by Gasteiger charge is -2.31. The van der Waals surface area contributed by atoms with E-state index in [0.717, 1.165) is 0 Å². The fraction of sp³-hybridized carbons (Fsp3) is 0. The Morgan fingerprint density at radius 2 is 0.837 bits per heavy atom. The van der Waals surface area contributed by atoms with Crippen LogP contribution in [0.4, 0.5) is 17.1 Å². The monoisotopic (exact) mass is 659 g/mol. The molecule has 3 heteroatoms. The van der Waals surface area contributed by atoms with Crippen LogP contribution in [0.5, 0.6) is 0 Å². The van der Waals surface area contributed by atoms with Gasteiger partial charge >= 0.3 is 0 Å². The lowest BCUT2D eigenvalue weighted by molar-refractivity contribution is 1.34. The molecule has 0 bridgehead atoms. The third-order valence-electron chi connectivity index (χ3n) is 9.64. The molecule has 2 aromatic heterocycles. The van der Waals surface area contributed by atoms with E-state index in [1.807, 2.05) is 22.7 Å². The standard InChI is InChI=1S/C46H29NS2/c1-3-15-30(16-4-1)38-29-32-19-7-8-20-33(32)44(43(38)31-17-5-2-6-18-31)47(39-25-13-23-36-34-21-9-11-27-41(34)48-45(36)39)40-26-14-24-37-35-22-10-12-28-42(35)49-46(37)40/h1-29H. The summed E-state index contributed by atoms with van der Waals surface area (Å²) < 4.78 is 5.18. The minimum atomic E-state index is 1.19. The average molecular weight is 660 g/mol. The molecule has 0 spiro atoms. The molecular formula is C46H29NS2. The minimum absolute atomic E-state index is 1.19. The lowest BCUT2D eigenvalue weighted by Crippen LogP contribution is -2.13. The van der Waals surface area contributed by atoms with Gasteiger partial charge in [0.25, 0.3) is 0 Å². The molecule has 0 fully saturated rings. The van der Waals surface area contributed by atoms with Crippen LogP contribution in [-0.2, 0) is 0 Å². The van der Waals surface area contributed by atoms with Gasteiger partial charge in [-0.25, -0.2) is 0 Å². The maximum atomic E-state index is 2.59. The molecule has 10 rings (SSSR count). The Bertz CT molecular complexity index is 2710. The molecule has 230 valence electrons. The van der Waals surface area contributed by atoms with Crippen LogP contribution in [-0.4, -0.2) is 0 Å². The van der Waals surface area contributed by atoms with Crippen LogP contribution < -0.4 is 4.90 Å². The molecule has 1 nitrogen and oxygen atoms in total. The Morgan fingerprint density at radius 1 is 0.367 bits per heavy atom. The minimum Gasteiger partial charge on any atom is -0.306 e. The van der Waals surface area contributed by atoms with Crippen molar-refractivity contribution in [2.75, 3.05) is 4.90 Å². The summed E-state index contributed by atoms with van der Waals surface area (Å²) in [5, 5.41) is 7.62. The maximum absolute atomic E-state index is 2.59. The van der Waals surface area contributed by atoms with E-state index in [1.165, 1.54) is 90.4 Å². The third kappa shape index (κ3) is 4.51. The summed E-state index contributed by atoms with van der Waals surface area (Å²) in [6.45, 7) is 0. The Balaban J connectivity index is 1.42. The van der Waals surface area contributed by atoms with Crippen molar-refractivity contribution in [1.29, 1.82) is 0 Å². The van der Waals surface area contributed by atoms with Crippen LogP contribution in [0.15, 0.2) is 176 Å². The number of hydrogen-bond donors (Lipinski definition) is 0. The molecule has 0 N–H and O–H groups in total. The number of anilines is 3. The van der Waals surface area contributed by atoms with Crippen LogP contribution in [0.1, 0.15) is 0 Å². The largest absolute Gasteiger partial charge is 0.306 e. The second-order valence-corrected chi connectivity index (χ2v) is 14.5. The zero-order valence-electron chi connectivity index (χ0n) is 26.5. The summed E-state index contributed by atoms with van der Waals surface area (Å²) in [6, 6.07) is 64.4.